The number of carbonyl (C=O) groups excluding carboxylic acids is 2. The number of esters is 1. The van der Waals surface area contributed by atoms with Crippen molar-refractivity contribution in [2.45, 2.75) is 71.6 Å². The highest BCUT2D eigenvalue weighted by molar-refractivity contribution is 5.88. The molecule has 4 fully saturated rings. The number of hydrogen-bond donors (Lipinski definition) is 1. The molecule has 0 aromatic rings. The molecule has 0 bridgehead atoms. The Balaban J connectivity index is 0.00000289. The molecular formula is C25H41ClN2O4. The van der Waals surface area contributed by atoms with Crippen molar-refractivity contribution in [1.82, 2.24) is 5.32 Å². The summed E-state index contributed by atoms with van der Waals surface area (Å²) in [6.07, 6.45) is 8.44. The third kappa shape index (κ3) is 4.22. The number of rotatable bonds is 6. The van der Waals surface area contributed by atoms with Gasteiger partial charge in [0.25, 0.3) is 0 Å². The summed E-state index contributed by atoms with van der Waals surface area (Å²) in [5.74, 6) is 1.97. The number of fused-ring (bicyclic) bond motifs is 5. The maximum Gasteiger partial charge on any atom is 0.308 e. The summed E-state index contributed by atoms with van der Waals surface area (Å²) in [6, 6.07) is 0. The summed E-state index contributed by atoms with van der Waals surface area (Å²) in [4.78, 5) is 31.3. The van der Waals surface area contributed by atoms with Gasteiger partial charge >= 0.3 is 5.97 Å². The summed E-state index contributed by atoms with van der Waals surface area (Å²) in [5, 5.41) is 7.59. The number of ether oxygens (including phenoxy) is 1. The van der Waals surface area contributed by atoms with E-state index in [1.54, 1.807) is 0 Å². The molecule has 0 radical (unpaired) electrons. The van der Waals surface area contributed by atoms with Crippen LogP contribution in [0.1, 0.15) is 71.6 Å². The second kappa shape index (κ2) is 10.0. The summed E-state index contributed by atoms with van der Waals surface area (Å²) >= 11 is 0. The number of ketones is 1. The average Bonchev–Trinajstić information content (AvgIpc) is 3.07. The van der Waals surface area contributed by atoms with Gasteiger partial charge in [-0.2, -0.15) is 0 Å². The van der Waals surface area contributed by atoms with Gasteiger partial charge in [0.2, 0.25) is 0 Å². The third-order valence-corrected chi connectivity index (χ3v) is 9.62. The lowest BCUT2D eigenvalue weighted by atomic mass is 9.43. The van der Waals surface area contributed by atoms with Crippen LogP contribution in [0.5, 0.6) is 0 Å². The minimum atomic E-state index is -0.173. The van der Waals surface area contributed by atoms with Crippen LogP contribution in [0.3, 0.4) is 0 Å². The lowest BCUT2D eigenvalue weighted by Crippen LogP contribution is -2.57. The van der Waals surface area contributed by atoms with Gasteiger partial charge in [-0.3, -0.25) is 9.59 Å². The molecule has 0 heterocycles. The standard InChI is InChI=1S/C25H40N2O4.ClH/c1-24-10-8-16(27-31-13-5-12-26-3)14-21(24)18(23(29)30-4)15-17-19-6-7-22(28)25(19,2)11-9-20(17)24;/h17-21,26H,5-15H2,1-4H3;1H/b27-16+;/t17-,18-,19-,20-,21+,24+,25-;/m0./s1. The molecule has 7 atom stereocenters. The predicted octanol–water partition coefficient (Wildman–Crippen LogP) is 4.40. The largest absolute Gasteiger partial charge is 0.469 e. The van der Waals surface area contributed by atoms with Crippen molar-refractivity contribution in [2.24, 2.45) is 45.6 Å². The molecule has 0 aromatic heterocycles. The number of nitrogens with one attached hydrogen (secondary N) is 1. The van der Waals surface area contributed by atoms with Gasteiger partial charge in [-0.15, -0.1) is 12.4 Å². The fourth-order valence-corrected chi connectivity index (χ4v) is 7.86. The van der Waals surface area contributed by atoms with E-state index in [1.807, 2.05) is 7.05 Å². The van der Waals surface area contributed by atoms with Crippen molar-refractivity contribution >= 4 is 29.9 Å². The minimum absolute atomic E-state index is 0. The van der Waals surface area contributed by atoms with Crippen molar-refractivity contribution in [3.8, 4) is 0 Å². The number of hydrogen-bond acceptors (Lipinski definition) is 6. The summed E-state index contributed by atoms with van der Waals surface area (Å²) in [5.41, 5.74) is 1.02. The Kier molecular flexibility index (Phi) is 7.97. The molecule has 0 aliphatic heterocycles. The molecule has 182 valence electrons. The zero-order chi connectivity index (χ0) is 22.2. The number of methoxy groups -OCH3 is 1. The molecule has 1 N–H and O–H groups in total. The van der Waals surface area contributed by atoms with E-state index in [2.05, 4.69) is 24.3 Å². The van der Waals surface area contributed by atoms with Crippen molar-refractivity contribution < 1.29 is 19.2 Å². The lowest BCUT2D eigenvalue weighted by Gasteiger charge is -2.61. The Morgan fingerprint density at radius 1 is 1.16 bits per heavy atom. The Hall–Kier alpha value is -1.14. The van der Waals surface area contributed by atoms with E-state index >= 15 is 0 Å². The van der Waals surface area contributed by atoms with Gasteiger partial charge < -0.3 is 14.9 Å². The molecule has 0 spiro atoms. The first kappa shape index (κ1) is 25.5. The fourth-order valence-electron chi connectivity index (χ4n) is 7.86. The topological polar surface area (TPSA) is 77.0 Å². The van der Waals surface area contributed by atoms with Gasteiger partial charge in [-0.05, 0) is 94.0 Å². The number of nitrogens with zero attached hydrogens (tertiary/aromatic N) is 1. The highest BCUT2D eigenvalue weighted by Crippen LogP contribution is 2.66. The summed E-state index contributed by atoms with van der Waals surface area (Å²) in [7, 11) is 3.45. The van der Waals surface area contributed by atoms with Crippen LogP contribution in [0.25, 0.3) is 0 Å². The Bertz CT molecular complexity index is 743. The molecule has 0 unspecified atom stereocenters. The van der Waals surface area contributed by atoms with Crippen LogP contribution in [-0.2, 0) is 19.2 Å². The number of Topliss-reactive ketones (excluding diaryl/α,β-unsaturated/α-hetero) is 1. The van der Waals surface area contributed by atoms with Crippen molar-refractivity contribution in [3.05, 3.63) is 0 Å². The normalized spacial score (nSPS) is 41.8. The van der Waals surface area contributed by atoms with E-state index in [-0.39, 0.29) is 41.0 Å². The molecule has 32 heavy (non-hydrogen) atoms. The van der Waals surface area contributed by atoms with E-state index in [4.69, 9.17) is 9.57 Å². The average molecular weight is 469 g/mol. The van der Waals surface area contributed by atoms with Crippen LogP contribution in [-0.4, -0.2) is 44.8 Å². The van der Waals surface area contributed by atoms with Gasteiger partial charge in [-0.1, -0.05) is 19.0 Å². The molecule has 0 amide bonds. The van der Waals surface area contributed by atoms with E-state index < -0.39 is 0 Å². The highest BCUT2D eigenvalue weighted by atomic mass is 35.5. The Morgan fingerprint density at radius 3 is 2.66 bits per heavy atom. The SMILES string of the molecule is CNCCCO/N=C1\CC[C@@]2(C)[C@H](C1)[C@@H](C(=O)OC)C[C@@H]1[C@@H]2CC[C@]2(C)C(=O)CC[C@@H]12.Cl. The third-order valence-electron chi connectivity index (χ3n) is 9.62. The van der Waals surface area contributed by atoms with Gasteiger partial charge in [0.15, 0.2) is 0 Å². The van der Waals surface area contributed by atoms with Gasteiger partial charge in [0.05, 0.1) is 18.7 Å². The van der Waals surface area contributed by atoms with Crippen molar-refractivity contribution in [1.29, 1.82) is 0 Å². The van der Waals surface area contributed by atoms with Gasteiger partial charge in [0.1, 0.15) is 12.4 Å². The highest BCUT2D eigenvalue weighted by Gasteiger charge is 2.63. The number of oxime groups is 1. The van der Waals surface area contributed by atoms with E-state index in [1.165, 1.54) is 7.11 Å². The first-order valence-electron chi connectivity index (χ1n) is 12.3. The lowest BCUT2D eigenvalue weighted by molar-refractivity contribution is -0.167. The van der Waals surface area contributed by atoms with Crippen LogP contribution in [0.2, 0.25) is 0 Å². The second-order valence-electron chi connectivity index (χ2n) is 10.9. The molecule has 7 heteroatoms. The molecule has 4 aliphatic carbocycles. The maximum atomic E-state index is 12.9. The van der Waals surface area contributed by atoms with Crippen molar-refractivity contribution in [2.75, 3.05) is 27.3 Å². The Labute approximate surface area is 199 Å². The molecule has 0 saturated heterocycles. The number of carbonyl (C=O) groups is 2. The zero-order valence-corrected chi connectivity index (χ0v) is 21.0. The molecule has 0 aromatic carbocycles. The van der Waals surface area contributed by atoms with Gasteiger partial charge in [-0.25, -0.2) is 0 Å². The smallest absolute Gasteiger partial charge is 0.308 e. The number of halogens is 1. The second-order valence-corrected chi connectivity index (χ2v) is 10.9. The molecule has 4 saturated carbocycles. The van der Waals surface area contributed by atoms with Crippen LogP contribution < -0.4 is 5.32 Å². The quantitative estimate of drug-likeness (QED) is 0.355. The van der Waals surface area contributed by atoms with Crippen LogP contribution in [0, 0.1) is 40.4 Å². The summed E-state index contributed by atoms with van der Waals surface area (Å²) in [6.45, 7) is 6.14. The first-order chi connectivity index (χ1) is 14.8. The summed E-state index contributed by atoms with van der Waals surface area (Å²) < 4.78 is 5.30. The van der Waals surface area contributed by atoms with E-state index in [0.29, 0.717) is 30.1 Å². The van der Waals surface area contributed by atoms with E-state index in [9.17, 15) is 9.59 Å². The maximum absolute atomic E-state index is 12.9. The molecule has 6 nitrogen and oxygen atoms in total. The Morgan fingerprint density at radius 2 is 1.94 bits per heavy atom. The minimum Gasteiger partial charge on any atom is -0.469 e. The first-order valence-corrected chi connectivity index (χ1v) is 12.3. The fraction of sp³-hybridized carbons (Fsp3) is 0.880. The predicted molar refractivity (Wildman–Crippen MR) is 127 cm³/mol. The monoisotopic (exact) mass is 468 g/mol. The van der Waals surface area contributed by atoms with Crippen LogP contribution in [0.4, 0.5) is 0 Å². The van der Waals surface area contributed by atoms with Gasteiger partial charge in [0, 0.05) is 11.8 Å². The molecular weight excluding hydrogens is 428 g/mol. The van der Waals surface area contributed by atoms with Crippen molar-refractivity contribution in [3.63, 3.8) is 0 Å². The molecule has 4 aliphatic rings. The van der Waals surface area contributed by atoms with E-state index in [0.717, 1.165) is 70.0 Å². The van der Waals surface area contributed by atoms with Crippen LogP contribution in [0.15, 0.2) is 5.16 Å². The van der Waals surface area contributed by atoms with Crippen LogP contribution >= 0.6 is 12.4 Å². The zero-order valence-electron chi connectivity index (χ0n) is 20.2. The molecule has 4 rings (SSSR count).